The number of fused-ring (bicyclic) bond motifs is 1. The molecule has 1 aliphatic carbocycles. The smallest absolute Gasteiger partial charge is 0.148 e. The van der Waals surface area contributed by atoms with Crippen LogP contribution < -0.4 is 5.73 Å². The number of halogens is 1. The minimum absolute atomic E-state index is 0.232. The molecule has 0 amide bonds. The average molecular weight is 245 g/mol. The van der Waals surface area contributed by atoms with Crippen LogP contribution in [0.3, 0.4) is 0 Å². The van der Waals surface area contributed by atoms with Crippen LogP contribution in [0.1, 0.15) is 17.7 Å². The van der Waals surface area contributed by atoms with Crippen molar-refractivity contribution >= 4 is 0 Å². The largest absolute Gasteiger partial charge is 0.330 e. The van der Waals surface area contributed by atoms with Gasteiger partial charge in [0.25, 0.3) is 0 Å². The van der Waals surface area contributed by atoms with Crippen LogP contribution in [-0.2, 0) is 12.8 Å². The zero-order chi connectivity index (χ0) is 12.5. The molecule has 4 heteroatoms. The van der Waals surface area contributed by atoms with Gasteiger partial charge >= 0.3 is 0 Å². The van der Waals surface area contributed by atoms with Gasteiger partial charge in [-0.2, -0.15) is 5.10 Å². The predicted octanol–water partition coefficient (Wildman–Crippen LogP) is 2.08. The Hall–Kier alpha value is -1.68. The van der Waals surface area contributed by atoms with E-state index in [0.29, 0.717) is 18.2 Å². The second-order valence-corrected chi connectivity index (χ2v) is 4.82. The summed E-state index contributed by atoms with van der Waals surface area (Å²) >= 11 is 0. The second-order valence-electron chi connectivity index (χ2n) is 4.82. The number of aromatic nitrogens is 2. The Labute approximate surface area is 105 Å². The van der Waals surface area contributed by atoms with Gasteiger partial charge in [0.15, 0.2) is 0 Å². The van der Waals surface area contributed by atoms with Crippen molar-refractivity contribution in [3.8, 4) is 5.69 Å². The molecule has 1 aromatic heterocycles. The zero-order valence-corrected chi connectivity index (χ0v) is 10.1. The average Bonchev–Trinajstić information content (AvgIpc) is 2.82. The minimum Gasteiger partial charge on any atom is -0.330 e. The Kier molecular flexibility index (Phi) is 2.88. The Morgan fingerprint density at radius 1 is 1.39 bits per heavy atom. The number of hydrogen-bond acceptors (Lipinski definition) is 2. The molecular weight excluding hydrogens is 229 g/mol. The van der Waals surface area contributed by atoms with Crippen LogP contribution in [0, 0.1) is 11.7 Å². The van der Waals surface area contributed by atoms with Gasteiger partial charge in [-0.3, -0.25) is 0 Å². The predicted molar refractivity (Wildman–Crippen MR) is 68.1 cm³/mol. The Bertz CT molecular complexity index is 562. The van der Waals surface area contributed by atoms with Crippen LogP contribution in [0.25, 0.3) is 5.69 Å². The van der Waals surface area contributed by atoms with Gasteiger partial charge in [0.2, 0.25) is 0 Å². The van der Waals surface area contributed by atoms with Gasteiger partial charge in [-0.25, -0.2) is 9.07 Å². The zero-order valence-electron chi connectivity index (χ0n) is 10.1. The van der Waals surface area contributed by atoms with Gasteiger partial charge in [0.1, 0.15) is 11.5 Å². The first-order valence-electron chi connectivity index (χ1n) is 6.30. The second kappa shape index (κ2) is 4.53. The van der Waals surface area contributed by atoms with E-state index in [1.54, 1.807) is 16.8 Å². The maximum absolute atomic E-state index is 13.8. The summed E-state index contributed by atoms with van der Waals surface area (Å²) in [6, 6.07) is 6.75. The van der Waals surface area contributed by atoms with Crippen LogP contribution in [0.15, 0.2) is 30.5 Å². The van der Waals surface area contributed by atoms with Gasteiger partial charge in [-0.05, 0) is 49.4 Å². The summed E-state index contributed by atoms with van der Waals surface area (Å²) in [6.45, 7) is 0.713. The highest BCUT2D eigenvalue weighted by molar-refractivity contribution is 5.37. The fourth-order valence-electron chi connectivity index (χ4n) is 2.63. The molecule has 0 radical (unpaired) electrons. The minimum atomic E-state index is -0.232. The molecule has 0 spiro atoms. The lowest BCUT2D eigenvalue weighted by Crippen LogP contribution is -2.22. The number of benzene rings is 1. The van der Waals surface area contributed by atoms with Crippen molar-refractivity contribution in [2.45, 2.75) is 19.3 Å². The molecule has 1 unspecified atom stereocenters. The summed E-state index contributed by atoms with van der Waals surface area (Å²) < 4.78 is 15.5. The van der Waals surface area contributed by atoms with Crippen molar-refractivity contribution in [2.24, 2.45) is 11.7 Å². The maximum atomic E-state index is 13.8. The molecule has 94 valence electrons. The third-order valence-corrected chi connectivity index (χ3v) is 3.67. The first kappa shape index (κ1) is 11.4. The third kappa shape index (κ3) is 1.82. The van der Waals surface area contributed by atoms with Crippen LogP contribution in [0.2, 0.25) is 0 Å². The molecule has 2 N–H and O–H groups in total. The molecular formula is C14H16FN3. The molecule has 3 rings (SSSR count). The van der Waals surface area contributed by atoms with E-state index in [2.05, 4.69) is 5.10 Å². The lowest BCUT2D eigenvalue weighted by atomic mass is 9.88. The summed E-state index contributed by atoms with van der Waals surface area (Å²) in [5.41, 5.74) is 8.59. The van der Waals surface area contributed by atoms with Crippen molar-refractivity contribution in [3.63, 3.8) is 0 Å². The number of nitrogens with two attached hydrogens (primary N) is 1. The van der Waals surface area contributed by atoms with E-state index in [1.807, 2.05) is 12.3 Å². The Morgan fingerprint density at radius 2 is 2.22 bits per heavy atom. The topological polar surface area (TPSA) is 43.8 Å². The van der Waals surface area contributed by atoms with Gasteiger partial charge in [0.05, 0.1) is 6.20 Å². The molecule has 0 saturated heterocycles. The van der Waals surface area contributed by atoms with E-state index in [4.69, 9.17) is 5.73 Å². The molecule has 1 aromatic carbocycles. The molecule has 0 aliphatic heterocycles. The number of para-hydroxylation sites is 1. The summed E-state index contributed by atoms with van der Waals surface area (Å²) in [7, 11) is 0. The quantitative estimate of drug-likeness (QED) is 0.880. The van der Waals surface area contributed by atoms with Crippen molar-refractivity contribution in [1.29, 1.82) is 0 Å². The SMILES string of the molecule is NCC1CCc2c(cnn2-c2ccccc2F)C1. The van der Waals surface area contributed by atoms with Crippen LogP contribution in [0.5, 0.6) is 0 Å². The van der Waals surface area contributed by atoms with Crippen LogP contribution in [0.4, 0.5) is 4.39 Å². The van der Waals surface area contributed by atoms with Crippen LogP contribution >= 0.6 is 0 Å². The summed E-state index contributed by atoms with van der Waals surface area (Å²) in [5, 5.41) is 4.33. The molecule has 0 fully saturated rings. The standard InChI is InChI=1S/C14H16FN3/c15-12-3-1-2-4-14(12)18-13-6-5-10(8-16)7-11(13)9-17-18/h1-4,9-10H,5-8,16H2. The van der Waals surface area contributed by atoms with E-state index in [9.17, 15) is 4.39 Å². The van der Waals surface area contributed by atoms with Crippen LogP contribution in [-0.4, -0.2) is 16.3 Å². The highest BCUT2D eigenvalue weighted by Crippen LogP contribution is 2.27. The Balaban J connectivity index is 2.01. The van der Waals surface area contributed by atoms with E-state index in [-0.39, 0.29) is 5.82 Å². The third-order valence-electron chi connectivity index (χ3n) is 3.67. The van der Waals surface area contributed by atoms with E-state index >= 15 is 0 Å². The molecule has 3 nitrogen and oxygen atoms in total. The van der Waals surface area contributed by atoms with Gasteiger partial charge in [-0.1, -0.05) is 12.1 Å². The lowest BCUT2D eigenvalue weighted by molar-refractivity contribution is 0.461. The van der Waals surface area contributed by atoms with Crippen molar-refractivity contribution < 1.29 is 4.39 Å². The van der Waals surface area contributed by atoms with Gasteiger partial charge < -0.3 is 5.73 Å². The fourth-order valence-corrected chi connectivity index (χ4v) is 2.63. The number of rotatable bonds is 2. The molecule has 2 aromatic rings. The first-order valence-corrected chi connectivity index (χ1v) is 6.30. The molecule has 0 saturated carbocycles. The number of hydrogen-bond donors (Lipinski definition) is 1. The highest BCUT2D eigenvalue weighted by Gasteiger charge is 2.22. The monoisotopic (exact) mass is 245 g/mol. The highest BCUT2D eigenvalue weighted by atomic mass is 19.1. The Morgan fingerprint density at radius 3 is 3.00 bits per heavy atom. The fraction of sp³-hybridized carbons (Fsp3) is 0.357. The van der Waals surface area contributed by atoms with Gasteiger partial charge in [0, 0.05) is 5.69 Å². The van der Waals surface area contributed by atoms with E-state index in [1.165, 1.54) is 11.6 Å². The normalized spacial score (nSPS) is 18.7. The summed E-state index contributed by atoms with van der Waals surface area (Å²) in [4.78, 5) is 0. The first-order chi connectivity index (χ1) is 8.79. The molecule has 18 heavy (non-hydrogen) atoms. The molecule has 1 aliphatic rings. The molecule has 0 bridgehead atoms. The lowest BCUT2D eigenvalue weighted by Gasteiger charge is -2.21. The number of nitrogens with zero attached hydrogens (tertiary/aromatic N) is 2. The summed E-state index contributed by atoms with van der Waals surface area (Å²) in [6.07, 6.45) is 4.79. The van der Waals surface area contributed by atoms with E-state index < -0.39 is 0 Å². The van der Waals surface area contributed by atoms with Gasteiger partial charge in [-0.15, -0.1) is 0 Å². The summed E-state index contributed by atoms with van der Waals surface area (Å²) in [5.74, 6) is 0.306. The molecule has 1 atom stereocenters. The molecule has 1 heterocycles. The van der Waals surface area contributed by atoms with E-state index in [0.717, 1.165) is 25.0 Å². The van der Waals surface area contributed by atoms with Crippen molar-refractivity contribution in [2.75, 3.05) is 6.54 Å². The van der Waals surface area contributed by atoms with Crippen molar-refractivity contribution in [3.05, 3.63) is 47.5 Å². The maximum Gasteiger partial charge on any atom is 0.148 e. The van der Waals surface area contributed by atoms with Crippen molar-refractivity contribution in [1.82, 2.24) is 9.78 Å².